The van der Waals surface area contributed by atoms with Crippen LogP contribution in [-0.4, -0.2) is 30.5 Å². The van der Waals surface area contributed by atoms with E-state index in [9.17, 15) is 0 Å². The van der Waals surface area contributed by atoms with Gasteiger partial charge in [-0.05, 0) is 37.4 Å². The molecule has 1 fully saturated rings. The van der Waals surface area contributed by atoms with Gasteiger partial charge in [0.25, 0.3) is 0 Å². The van der Waals surface area contributed by atoms with Gasteiger partial charge in [0, 0.05) is 6.54 Å². The molecule has 1 heterocycles. The maximum Gasteiger partial charge on any atom is 0.304 e. The Morgan fingerprint density at radius 2 is 1.88 bits per heavy atom. The van der Waals surface area contributed by atoms with Crippen LogP contribution >= 0.6 is 0 Å². The number of likely N-dealkylation sites (tertiary alicyclic amines) is 1. The second kappa shape index (κ2) is 5.51. The highest BCUT2D eigenvalue weighted by Gasteiger charge is 2.15. The minimum Gasteiger partial charge on any atom is -0.449 e. The molecule has 0 aliphatic carbocycles. The van der Waals surface area contributed by atoms with Crippen LogP contribution in [0.4, 0.5) is 0 Å². The Bertz CT molecular complexity index is 317. The van der Waals surface area contributed by atoms with Crippen LogP contribution in [0.2, 0.25) is 0 Å². The molecule has 1 aliphatic heterocycles. The minimum atomic E-state index is 0.140. The second-order valence-corrected chi connectivity index (χ2v) is 4.93. The van der Waals surface area contributed by atoms with E-state index >= 15 is 0 Å². The third-order valence-electron chi connectivity index (χ3n) is 3.49. The molecule has 2 rings (SSSR count). The van der Waals surface area contributed by atoms with E-state index in [4.69, 9.17) is 5.02 Å². The molecule has 1 N–H and O–H groups in total. The molecular formula is C13H20BNO. The summed E-state index contributed by atoms with van der Waals surface area (Å²) in [5.74, 6) is 0.896. The van der Waals surface area contributed by atoms with Gasteiger partial charge in [-0.15, -0.1) is 0 Å². The van der Waals surface area contributed by atoms with Gasteiger partial charge in [-0.2, -0.15) is 0 Å². The summed E-state index contributed by atoms with van der Waals surface area (Å²) in [6, 6.07) is 8.29. The highest BCUT2D eigenvalue weighted by molar-refractivity contribution is 6.45. The van der Waals surface area contributed by atoms with Crippen LogP contribution in [0.3, 0.4) is 0 Å². The van der Waals surface area contributed by atoms with Crippen molar-refractivity contribution in [1.82, 2.24) is 4.90 Å². The van der Waals surface area contributed by atoms with Crippen LogP contribution in [0.1, 0.15) is 25.3 Å². The van der Waals surface area contributed by atoms with E-state index in [-0.39, 0.29) is 7.48 Å². The molecule has 1 aliphatic rings. The first kappa shape index (κ1) is 11.7. The molecule has 3 heteroatoms. The second-order valence-electron chi connectivity index (χ2n) is 4.93. The fourth-order valence-corrected chi connectivity index (χ4v) is 2.23. The minimum absolute atomic E-state index is 0.140. The Morgan fingerprint density at radius 3 is 2.44 bits per heavy atom. The van der Waals surface area contributed by atoms with Crippen molar-refractivity contribution in [3.8, 4) is 0 Å². The fraction of sp³-hybridized carbons (Fsp3) is 0.538. The molecule has 1 aromatic carbocycles. The Balaban J connectivity index is 1.88. The SMILES string of the molecule is CC1CCN(Cc2ccc(BO)cc2)CC1. The Hall–Kier alpha value is -0.795. The molecule has 0 aromatic heterocycles. The van der Waals surface area contributed by atoms with Gasteiger partial charge in [-0.3, -0.25) is 4.90 Å². The van der Waals surface area contributed by atoms with Crippen LogP contribution in [0.25, 0.3) is 0 Å². The normalized spacial score (nSPS) is 18.6. The van der Waals surface area contributed by atoms with Crippen LogP contribution in [0, 0.1) is 5.92 Å². The summed E-state index contributed by atoms with van der Waals surface area (Å²) in [5, 5.41) is 8.97. The lowest BCUT2D eigenvalue weighted by Crippen LogP contribution is -2.32. The number of rotatable bonds is 3. The van der Waals surface area contributed by atoms with Crippen molar-refractivity contribution in [3.05, 3.63) is 29.8 Å². The van der Waals surface area contributed by atoms with E-state index in [0.29, 0.717) is 0 Å². The number of nitrogens with zero attached hydrogens (tertiary/aromatic N) is 1. The van der Waals surface area contributed by atoms with E-state index in [1.807, 2.05) is 12.1 Å². The van der Waals surface area contributed by atoms with Crippen molar-refractivity contribution in [1.29, 1.82) is 0 Å². The first-order valence-corrected chi connectivity index (χ1v) is 6.19. The van der Waals surface area contributed by atoms with Crippen LogP contribution in [-0.2, 0) is 6.54 Å². The van der Waals surface area contributed by atoms with Gasteiger partial charge in [-0.25, -0.2) is 0 Å². The number of benzene rings is 1. The topological polar surface area (TPSA) is 23.5 Å². The lowest BCUT2D eigenvalue weighted by molar-refractivity contribution is 0.185. The Labute approximate surface area is 98.6 Å². The molecule has 2 nitrogen and oxygen atoms in total. The summed E-state index contributed by atoms with van der Waals surface area (Å²) < 4.78 is 0. The maximum absolute atomic E-state index is 8.97. The average molecular weight is 217 g/mol. The quantitative estimate of drug-likeness (QED) is 0.760. The Kier molecular flexibility index (Phi) is 4.02. The smallest absolute Gasteiger partial charge is 0.304 e. The number of hydrogen-bond acceptors (Lipinski definition) is 2. The molecule has 0 saturated carbocycles. The van der Waals surface area contributed by atoms with E-state index in [0.717, 1.165) is 17.9 Å². The first-order valence-electron chi connectivity index (χ1n) is 6.19. The van der Waals surface area contributed by atoms with Crippen LogP contribution in [0.5, 0.6) is 0 Å². The predicted octanol–water partition coefficient (Wildman–Crippen LogP) is 0.888. The third kappa shape index (κ3) is 3.10. The summed E-state index contributed by atoms with van der Waals surface area (Å²) in [6.07, 6.45) is 2.66. The van der Waals surface area contributed by atoms with E-state index < -0.39 is 0 Å². The van der Waals surface area contributed by atoms with Crippen LogP contribution in [0.15, 0.2) is 24.3 Å². The molecule has 0 spiro atoms. The van der Waals surface area contributed by atoms with E-state index in [2.05, 4.69) is 24.0 Å². The molecule has 0 bridgehead atoms. The van der Waals surface area contributed by atoms with Gasteiger partial charge in [0.2, 0.25) is 0 Å². The molecule has 16 heavy (non-hydrogen) atoms. The standard InChI is InChI=1S/C13H20BNO/c1-11-6-8-15(9-7-11)10-12-2-4-13(14-16)5-3-12/h2-5,11,14,16H,6-10H2,1H3. The number of hydrogen-bond donors (Lipinski definition) is 1. The van der Waals surface area contributed by atoms with Crippen molar-refractivity contribution in [2.45, 2.75) is 26.3 Å². The molecule has 0 atom stereocenters. The van der Waals surface area contributed by atoms with Gasteiger partial charge < -0.3 is 5.02 Å². The van der Waals surface area contributed by atoms with Crippen molar-refractivity contribution in [3.63, 3.8) is 0 Å². The van der Waals surface area contributed by atoms with E-state index in [1.165, 1.54) is 31.5 Å². The van der Waals surface area contributed by atoms with Crippen molar-refractivity contribution >= 4 is 12.9 Å². The predicted molar refractivity (Wildman–Crippen MR) is 69.1 cm³/mol. The van der Waals surface area contributed by atoms with Crippen molar-refractivity contribution in [2.24, 2.45) is 5.92 Å². The zero-order valence-electron chi connectivity index (χ0n) is 10.0. The highest BCUT2D eigenvalue weighted by atomic mass is 16.2. The molecule has 0 radical (unpaired) electrons. The van der Waals surface area contributed by atoms with Gasteiger partial charge in [-0.1, -0.05) is 36.7 Å². The zero-order valence-corrected chi connectivity index (χ0v) is 10.0. The van der Waals surface area contributed by atoms with Gasteiger partial charge >= 0.3 is 7.48 Å². The largest absolute Gasteiger partial charge is 0.449 e. The molecular weight excluding hydrogens is 197 g/mol. The number of piperidine rings is 1. The Morgan fingerprint density at radius 1 is 1.25 bits per heavy atom. The average Bonchev–Trinajstić information content (AvgIpc) is 2.33. The summed E-state index contributed by atoms with van der Waals surface area (Å²) >= 11 is 0. The summed E-state index contributed by atoms with van der Waals surface area (Å²) in [7, 11) is 0.140. The zero-order chi connectivity index (χ0) is 11.4. The van der Waals surface area contributed by atoms with Gasteiger partial charge in [0.05, 0.1) is 0 Å². The lowest BCUT2D eigenvalue weighted by atomic mass is 9.88. The fourth-order valence-electron chi connectivity index (χ4n) is 2.23. The molecule has 0 amide bonds. The van der Waals surface area contributed by atoms with Crippen molar-refractivity contribution in [2.75, 3.05) is 13.1 Å². The third-order valence-corrected chi connectivity index (χ3v) is 3.49. The molecule has 86 valence electrons. The van der Waals surface area contributed by atoms with Gasteiger partial charge in [0.15, 0.2) is 0 Å². The lowest BCUT2D eigenvalue weighted by Gasteiger charge is -2.30. The monoisotopic (exact) mass is 217 g/mol. The summed E-state index contributed by atoms with van der Waals surface area (Å²) in [6.45, 7) is 5.84. The first-order chi connectivity index (χ1) is 7.78. The molecule has 1 aromatic rings. The van der Waals surface area contributed by atoms with Crippen LogP contribution < -0.4 is 5.46 Å². The maximum atomic E-state index is 8.97. The summed E-state index contributed by atoms with van der Waals surface area (Å²) in [4.78, 5) is 2.52. The highest BCUT2D eigenvalue weighted by Crippen LogP contribution is 2.17. The molecule has 0 unspecified atom stereocenters. The summed E-state index contributed by atoms with van der Waals surface area (Å²) in [5.41, 5.74) is 2.35. The van der Waals surface area contributed by atoms with Gasteiger partial charge in [0.1, 0.15) is 0 Å². The molecule has 1 saturated heterocycles. The van der Waals surface area contributed by atoms with Crippen molar-refractivity contribution < 1.29 is 5.02 Å². The van der Waals surface area contributed by atoms with E-state index in [1.54, 1.807) is 0 Å².